The van der Waals surface area contributed by atoms with Crippen LogP contribution in [0.15, 0.2) is 42.5 Å². The molecular weight excluding hydrogens is 426 g/mol. The maximum atomic E-state index is 12.5. The maximum absolute atomic E-state index is 12.5. The predicted octanol–water partition coefficient (Wildman–Crippen LogP) is 3.10. The van der Waals surface area contributed by atoms with Gasteiger partial charge in [0.2, 0.25) is 11.9 Å². The molecule has 0 saturated heterocycles. The zero-order valence-corrected chi connectivity index (χ0v) is 18.4. The molecule has 0 aliphatic rings. The summed E-state index contributed by atoms with van der Waals surface area (Å²) < 4.78 is 5.24. The molecule has 0 aliphatic carbocycles. The van der Waals surface area contributed by atoms with Crippen LogP contribution in [0.25, 0.3) is 0 Å². The number of amides is 2. The van der Waals surface area contributed by atoms with Gasteiger partial charge in [-0.1, -0.05) is 18.2 Å². The molecule has 0 spiro atoms. The van der Waals surface area contributed by atoms with E-state index < -0.39 is 12.0 Å². The monoisotopic (exact) mass is 451 g/mol. The van der Waals surface area contributed by atoms with Crippen LogP contribution < -0.4 is 21.7 Å². The van der Waals surface area contributed by atoms with Crippen molar-refractivity contribution < 1.29 is 19.4 Å². The Morgan fingerprint density at radius 3 is 2.61 bits per heavy atom. The summed E-state index contributed by atoms with van der Waals surface area (Å²) in [5, 5.41) is 18.4. The van der Waals surface area contributed by atoms with Crippen LogP contribution >= 0.6 is 0 Å². The fraction of sp³-hybridized carbons (Fsp3) is 0.227. The average molecular weight is 451 g/mol. The number of ether oxygens (including phenoxy) is 1. The lowest BCUT2D eigenvalue weighted by Gasteiger charge is -2.12. The number of nitrogens with zero attached hydrogens (tertiary/aromatic N) is 3. The lowest BCUT2D eigenvalue weighted by atomic mass is 10.2. The first-order chi connectivity index (χ1) is 15.7. The minimum atomic E-state index is -0.826. The molecule has 2 amide bonds. The first-order valence-corrected chi connectivity index (χ1v) is 10.1. The Kier molecular flexibility index (Phi) is 7.24. The molecule has 11 heteroatoms. The summed E-state index contributed by atoms with van der Waals surface area (Å²) in [5.74, 6) is -0.845. The molecule has 3 aromatic rings. The summed E-state index contributed by atoms with van der Waals surface area (Å²) in [5.41, 5.74) is 7.72. The molecule has 0 radical (unpaired) electrons. The Hall–Kier alpha value is -4.41. The highest BCUT2D eigenvalue weighted by molar-refractivity contribution is 5.96. The number of aromatic hydroxyl groups is 1. The van der Waals surface area contributed by atoms with Crippen LogP contribution in [0.3, 0.4) is 0 Å². The molecule has 0 unspecified atom stereocenters. The second kappa shape index (κ2) is 10.3. The second-order valence-electron chi connectivity index (χ2n) is 7.43. The molecule has 3 rings (SSSR count). The van der Waals surface area contributed by atoms with Gasteiger partial charge in [-0.15, -0.1) is 0 Å². The fourth-order valence-corrected chi connectivity index (χ4v) is 2.81. The van der Waals surface area contributed by atoms with Gasteiger partial charge >= 0.3 is 12.0 Å². The summed E-state index contributed by atoms with van der Waals surface area (Å²) in [7, 11) is 0. The third-order valence-electron chi connectivity index (χ3n) is 4.32. The Morgan fingerprint density at radius 1 is 1.12 bits per heavy atom. The van der Waals surface area contributed by atoms with Crippen molar-refractivity contribution in [1.29, 1.82) is 0 Å². The Morgan fingerprint density at radius 2 is 1.88 bits per heavy atom. The molecule has 11 nitrogen and oxygen atoms in total. The van der Waals surface area contributed by atoms with Gasteiger partial charge in [-0.3, -0.25) is 0 Å². The first-order valence-electron chi connectivity index (χ1n) is 10.1. The summed E-state index contributed by atoms with van der Waals surface area (Å²) in [6.45, 7) is 5.25. The van der Waals surface area contributed by atoms with Crippen molar-refractivity contribution in [2.24, 2.45) is 0 Å². The summed E-state index contributed by atoms with van der Waals surface area (Å²) in [4.78, 5) is 36.7. The number of esters is 1. The number of phenolic OH excluding ortho intramolecular Hbond substituents is 1. The van der Waals surface area contributed by atoms with Crippen molar-refractivity contribution >= 4 is 35.3 Å². The SMILES string of the molecule is Cc1ccccc1Nc1nc(N)nc(COC(=O)c2cc(NC(=O)NC(C)C)ccc2O)n1. The van der Waals surface area contributed by atoms with E-state index in [9.17, 15) is 14.7 Å². The van der Waals surface area contributed by atoms with E-state index in [2.05, 4.69) is 30.9 Å². The van der Waals surface area contributed by atoms with Crippen molar-refractivity contribution in [2.75, 3.05) is 16.4 Å². The highest BCUT2D eigenvalue weighted by Gasteiger charge is 2.16. The van der Waals surface area contributed by atoms with Crippen LogP contribution in [-0.2, 0) is 11.3 Å². The van der Waals surface area contributed by atoms with Crippen LogP contribution in [0.1, 0.15) is 35.6 Å². The minimum absolute atomic E-state index is 0.0441. The largest absolute Gasteiger partial charge is 0.507 e. The summed E-state index contributed by atoms with van der Waals surface area (Å²) >= 11 is 0. The molecule has 0 bridgehead atoms. The van der Waals surface area contributed by atoms with Gasteiger partial charge < -0.3 is 31.5 Å². The van der Waals surface area contributed by atoms with E-state index in [4.69, 9.17) is 10.5 Å². The number of para-hydroxylation sites is 1. The molecule has 33 heavy (non-hydrogen) atoms. The van der Waals surface area contributed by atoms with Crippen molar-refractivity contribution in [3.05, 3.63) is 59.4 Å². The van der Waals surface area contributed by atoms with E-state index in [-0.39, 0.29) is 41.7 Å². The van der Waals surface area contributed by atoms with Crippen LogP contribution in [0.4, 0.5) is 28.1 Å². The van der Waals surface area contributed by atoms with Gasteiger partial charge in [0.25, 0.3) is 0 Å². The lowest BCUT2D eigenvalue weighted by Crippen LogP contribution is -2.34. The van der Waals surface area contributed by atoms with E-state index in [0.29, 0.717) is 5.69 Å². The van der Waals surface area contributed by atoms with Crippen LogP contribution in [0.2, 0.25) is 0 Å². The van der Waals surface area contributed by atoms with Crippen molar-refractivity contribution in [2.45, 2.75) is 33.4 Å². The zero-order valence-electron chi connectivity index (χ0n) is 18.4. The number of hydrogen-bond donors (Lipinski definition) is 5. The quantitative estimate of drug-likeness (QED) is 0.268. The number of aryl methyl sites for hydroxylation is 1. The van der Waals surface area contributed by atoms with Crippen molar-refractivity contribution in [1.82, 2.24) is 20.3 Å². The van der Waals surface area contributed by atoms with E-state index in [1.54, 1.807) is 0 Å². The highest BCUT2D eigenvalue weighted by Crippen LogP contribution is 2.23. The summed E-state index contributed by atoms with van der Waals surface area (Å²) in [6.07, 6.45) is 0. The molecule has 0 saturated carbocycles. The number of benzene rings is 2. The number of rotatable bonds is 7. The number of anilines is 4. The molecule has 0 aliphatic heterocycles. The average Bonchev–Trinajstić information content (AvgIpc) is 2.74. The van der Waals surface area contributed by atoms with E-state index in [1.165, 1.54) is 18.2 Å². The molecule has 1 aromatic heterocycles. The molecular formula is C22H25N7O4. The van der Waals surface area contributed by atoms with Gasteiger partial charge in [0.15, 0.2) is 12.4 Å². The number of urea groups is 1. The topological polar surface area (TPSA) is 164 Å². The molecule has 0 fully saturated rings. The number of hydrogen-bond acceptors (Lipinski definition) is 9. The molecule has 2 aromatic carbocycles. The normalized spacial score (nSPS) is 10.5. The summed E-state index contributed by atoms with van der Waals surface area (Å²) in [6, 6.07) is 11.1. The zero-order chi connectivity index (χ0) is 24.0. The second-order valence-corrected chi connectivity index (χ2v) is 7.43. The Bertz CT molecular complexity index is 1170. The van der Waals surface area contributed by atoms with Crippen LogP contribution in [0.5, 0.6) is 5.75 Å². The van der Waals surface area contributed by atoms with Crippen LogP contribution in [-0.4, -0.2) is 38.1 Å². The van der Waals surface area contributed by atoms with E-state index in [1.807, 2.05) is 45.0 Å². The minimum Gasteiger partial charge on any atom is -0.507 e. The van der Waals surface area contributed by atoms with Gasteiger partial charge in [-0.25, -0.2) is 9.59 Å². The number of phenols is 1. The van der Waals surface area contributed by atoms with E-state index in [0.717, 1.165) is 11.3 Å². The number of carbonyl (C=O) groups is 2. The number of aromatic nitrogens is 3. The van der Waals surface area contributed by atoms with Gasteiger partial charge in [0.05, 0.1) is 0 Å². The fourth-order valence-electron chi connectivity index (χ4n) is 2.81. The lowest BCUT2D eigenvalue weighted by molar-refractivity contribution is 0.0459. The Labute approximate surface area is 190 Å². The molecule has 0 atom stereocenters. The third kappa shape index (κ3) is 6.53. The number of nitrogens with one attached hydrogen (secondary N) is 3. The molecule has 6 N–H and O–H groups in total. The van der Waals surface area contributed by atoms with Gasteiger partial charge in [0, 0.05) is 17.4 Å². The number of nitrogens with two attached hydrogens (primary N) is 1. The van der Waals surface area contributed by atoms with E-state index >= 15 is 0 Å². The maximum Gasteiger partial charge on any atom is 0.342 e. The molecule has 1 heterocycles. The number of carbonyl (C=O) groups excluding carboxylic acids is 2. The third-order valence-corrected chi connectivity index (χ3v) is 4.32. The van der Waals surface area contributed by atoms with Gasteiger partial charge in [0.1, 0.15) is 11.3 Å². The molecule has 172 valence electrons. The van der Waals surface area contributed by atoms with Crippen LogP contribution in [0, 0.1) is 6.92 Å². The first kappa shape index (κ1) is 23.3. The van der Waals surface area contributed by atoms with Crippen molar-refractivity contribution in [3.8, 4) is 5.75 Å². The van der Waals surface area contributed by atoms with Crippen molar-refractivity contribution in [3.63, 3.8) is 0 Å². The van der Waals surface area contributed by atoms with Gasteiger partial charge in [-0.05, 0) is 50.6 Å². The predicted molar refractivity (Wildman–Crippen MR) is 123 cm³/mol. The standard InChI is InChI=1S/C22H25N7O4/c1-12(2)24-22(32)25-14-8-9-17(30)15(10-14)19(31)33-11-18-27-20(23)29-21(28-18)26-16-7-5-4-6-13(16)3/h4-10,12,30H,11H2,1-3H3,(H2,24,25,32)(H3,23,26,27,28,29). The Balaban J connectivity index is 1.69. The van der Waals surface area contributed by atoms with Gasteiger partial charge in [-0.2, -0.15) is 15.0 Å². The smallest absolute Gasteiger partial charge is 0.342 e. The number of nitrogen functional groups attached to an aromatic ring is 1. The highest BCUT2D eigenvalue weighted by atomic mass is 16.5.